The molecule has 186 valence electrons. The Bertz CT molecular complexity index is 1470. The van der Waals surface area contributed by atoms with E-state index in [1.807, 2.05) is 0 Å². The molecule has 0 atom stereocenters. The second-order valence-electron chi connectivity index (χ2n) is 7.44. The number of hydrogen-bond donors (Lipinski definition) is 4. The Morgan fingerprint density at radius 2 is 1.72 bits per heavy atom. The lowest BCUT2D eigenvalue weighted by Crippen LogP contribution is -2.10. The van der Waals surface area contributed by atoms with E-state index in [2.05, 4.69) is 15.3 Å². The maximum atomic E-state index is 14.4. The van der Waals surface area contributed by atoms with Gasteiger partial charge in [0.25, 0.3) is 0 Å². The van der Waals surface area contributed by atoms with Gasteiger partial charge in [-0.3, -0.25) is 4.79 Å². The number of anilines is 2. The molecule has 4 N–H and O–H groups in total. The summed E-state index contributed by atoms with van der Waals surface area (Å²) in [5.74, 6) is -2.70. The summed E-state index contributed by atoms with van der Waals surface area (Å²) in [6, 6.07) is 10.6. The van der Waals surface area contributed by atoms with Crippen LogP contribution in [0.1, 0.15) is 17.4 Å². The zero-order chi connectivity index (χ0) is 26.0. The van der Waals surface area contributed by atoms with Crippen molar-refractivity contribution in [1.29, 1.82) is 0 Å². The number of alkyl halides is 3. The molecule has 0 aliphatic heterocycles. The summed E-state index contributed by atoms with van der Waals surface area (Å²) in [5.41, 5.74) is -1.96. The van der Waals surface area contributed by atoms with Gasteiger partial charge in [-0.2, -0.15) is 13.2 Å². The highest BCUT2D eigenvalue weighted by Crippen LogP contribution is 2.38. The van der Waals surface area contributed by atoms with E-state index in [1.165, 1.54) is 18.2 Å². The van der Waals surface area contributed by atoms with Crippen molar-refractivity contribution in [2.75, 3.05) is 5.32 Å². The Morgan fingerprint density at radius 3 is 2.42 bits per heavy atom. The van der Waals surface area contributed by atoms with Crippen LogP contribution < -0.4 is 15.6 Å². The van der Waals surface area contributed by atoms with Crippen molar-refractivity contribution in [3.8, 4) is 22.9 Å². The van der Waals surface area contributed by atoms with Crippen LogP contribution in [0.15, 0.2) is 71.7 Å². The molecule has 0 spiro atoms. The van der Waals surface area contributed by atoms with E-state index in [9.17, 15) is 37.0 Å². The van der Waals surface area contributed by atoms with Gasteiger partial charge in [0.15, 0.2) is 6.29 Å². The Hall–Kier alpha value is -4.29. The SMILES string of the molecule is O=c1ccc(Nc2ccc(Oc3ncccc3C(F)(F)F)cc2C(O)O)c(-c2ccc(F)cc2F)[nH]1. The zero-order valence-corrected chi connectivity index (χ0v) is 18.0. The van der Waals surface area contributed by atoms with Gasteiger partial charge in [-0.25, -0.2) is 13.8 Å². The molecule has 0 radical (unpaired) electrons. The number of aliphatic hydroxyl groups excluding tert-OH is 1. The van der Waals surface area contributed by atoms with Crippen LogP contribution in [0, 0.1) is 11.6 Å². The summed E-state index contributed by atoms with van der Waals surface area (Å²) in [5, 5.41) is 22.5. The number of nitrogens with one attached hydrogen (secondary N) is 2. The highest BCUT2D eigenvalue weighted by atomic mass is 19.4. The second-order valence-corrected chi connectivity index (χ2v) is 7.44. The molecule has 4 aromatic rings. The lowest BCUT2D eigenvalue weighted by Gasteiger charge is -2.18. The van der Waals surface area contributed by atoms with E-state index in [-0.39, 0.29) is 33.9 Å². The van der Waals surface area contributed by atoms with Gasteiger partial charge in [0.05, 0.1) is 11.4 Å². The lowest BCUT2D eigenvalue weighted by atomic mass is 10.1. The normalized spacial score (nSPS) is 11.6. The van der Waals surface area contributed by atoms with Crippen molar-refractivity contribution < 1.29 is 36.9 Å². The molecule has 0 saturated carbocycles. The van der Waals surface area contributed by atoms with Crippen LogP contribution in [0.5, 0.6) is 11.6 Å². The monoisotopic (exact) mass is 505 g/mol. The molecular weight excluding hydrogens is 489 g/mol. The third kappa shape index (κ3) is 5.34. The fraction of sp³-hybridized carbons (Fsp3) is 0.0833. The molecule has 0 aliphatic rings. The summed E-state index contributed by atoms with van der Waals surface area (Å²) in [6.07, 6.45) is -5.73. The molecule has 2 aromatic heterocycles. The molecule has 12 heteroatoms. The number of benzene rings is 2. The molecule has 2 heterocycles. The molecule has 0 saturated heterocycles. The first-order chi connectivity index (χ1) is 17.0. The van der Waals surface area contributed by atoms with Crippen LogP contribution in [0.3, 0.4) is 0 Å². The van der Waals surface area contributed by atoms with Crippen molar-refractivity contribution in [3.05, 3.63) is 100.0 Å². The number of ether oxygens (including phenoxy) is 1. The minimum Gasteiger partial charge on any atom is -0.438 e. The fourth-order valence-corrected chi connectivity index (χ4v) is 3.36. The maximum absolute atomic E-state index is 14.4. The van der Waals surface area contributed by atoms with Crippen molar-refractivity contribution in [2.24, 2.45) is 0 Å². The van der Waals surface area contributed by atoms with E-state index in [0.717, 1.165) is 42.6 Å². The minimum absolute atomic E-state index is 0.0465. The number of halogens is 5. The van der Waals surface area contributed by atoms with Crippen molar-refractivity contribution in [1.82, 2.24) is 9.97 Å². The first-order valence-electron chi connectivity index (χ1n) is 10.2. The molecule has 4 rings (SSSR count). The molecule has 0 amide bonds. The topological polar surface area (TPSA) is 107 Å². The van der Waals surface area contributed by atoms with Crippen LogP contribution in [-0.2, 0) is 6.18 Å². The Kier molecular flexibility index (Phi) is 6.73. The molecule has 36 heavy (non-hydrogen) atoms. The van der Waals surface area contributed by atoms with Crippen LogP contribution in [0.4, 0.5) is 33.3 Å². The number of hydrogen-bond acceptors (Lipinski definition) is 6. The van der Waals surface area contributed by atoms with Gasteiger partial charge in [-0.05, 0) is 48.5 Å². The highest BCUT2D eigenvalue weighted by molar-refractivity contribution is 5.79. The summed E-state index contributed by atoms with van der Waals surface area (Å²) in [6.45, 7) is 0. The van der Waals surface area contributed by atoms with Crippen molar-refractivity contribution in [2.45, 2.75) is 12.5 Å². The van der Waals surface area contributed by atoms with Crippen LogP contribution in [-0.4, -0.2) is 20.2 Å². The largest absolute Gasteiger partial charge is 0.438 e. The summed E-state index contributed by atoms with van der Waals surface area (Å²) < 4.78 is 72.7. The summed E-state index contributed by atoms with van der Waals surface area (Å²) in [4.78, 5) is 17.9. The number of aromatic amines is 1. The predicted molar refractivity (Wildman–Crippen MR) is 119 cm³/mol. The van der Waals surface area contributed by atoms with Gasteiger partial charge in [0.1, 0.15) is 22.9 Å². The van der Waals surface area contributed by atoms with Crippen LogP contribution in [0.25, 0.3) is 11.3 Å². The molecule has 0 bridgehead atoms. The van der Waals surface area contributed by atoms with Crippen molar-refractivity contribution >= 4 is 11.4 Å². The Balaban J connectivity index is 1.72. The van der Waals surface area contributed by atoms with E-state index in [1.54, 1.807) is 0 Å². The third-order valence-corrected chi connectivity index (χ3v) is 4.98. The number of pyridine rings is 2. The lowest BCUT2D eigenvalue weighted by molar-refractivity contribution is -0.138. The average Bonchev–Trinajstić information content (AvgIpc) is 2.81. The molecule has 0 aliphatic carbocycles. The predicted octanol–water partition coefficient (Wildman–Crippen LogP) is 5.25. The smallest absolute Gasteiger partial charge is 0.421 e. The van der Waals surface area contributed by atoms with E-state index >= 15 is 0 Å². The quantitative estimate of drug-likeness (QED) is 0.211. The maximum Gasteiger partial charge on any atom is 0.421 e. The standard InChI is InChI=1S/C24H16F5N3O4/c25-12-3-5-14(17(26)10-12)21-19(7-8-20(33)32-21)31-18-6-4-13(11-15(18)23(34)35)36-22-16(24(27,28)29)2-1-9-30-22/h1-11,23,31,34-35H,(H,32,33). The van der Waals surface area contributed by atoms with Gasteiger partial charge >= 0.3 is 6.18 Å². The van der Waals surface area contributed by atoms with Gasteiger partial charge in [0.2, 0.25) is 11.4 Å². The molecular formula is C24H16F5N3O4. The van der Waals surface area contributed by atoms with Gasteiger partial charge in [0, 0.05) is 35.1 Å². The molecule has 2 aromatic carbocycles. The highest BCUT2D eigenvalue weighted by Gasteiger charge is 2.35. The van der Waals surface area contributed by atoms with E-state index in [0.29, 0.717) is 6.07 Å². The Morgan fingerprint density at radius 1 is 0.972 bits per heavy atom. The van der Waals surface area contributed by atoms with Gasteiger partial charge in [-0.15, -0.1) is 0 Å². The molecule has 0 fully saturated rings. The summed E-state index contributed by atoms with van der Waals surface area (Å²) in [7, 11) is 0. The minimum atomic E-state index is -4.74. The van der Waals surface area contributed by atoms with Crippen LogP contribution >= 0.6 is 0 Å². The number of rotatable bonds is 6. The number of H-pyrrole nitrogens is 1. The third-order valence-electron chi connectivity index (χ3n) is 4.98. The van der Waals surface area contributed by atoms with Crippen LogP contribution in [0.2, 0.25) is 0 Å². The van der Waals surface area contributed by atoms with E-state index in [4.69, 9.17) is 4.74 Å². The second kappa shape index (κ2) is 9.76. The van der Waals surface area contributed by atoms with E-state index < -0.39 is 41.1 Å². The number of aliphatic hydroxyl groups is 2. The molecule has 7 nitrogen and oxygen atoms in total. The first-order valence-corrected chi connectivity index (χ1v) is 10.2. The summed E-state index contributed by atoms with van der Waals surface area (Å²) >= 11 is 0. The van der Waals surface area contributed by atoms with Gasteiger partial charge in [-0.1, -0.05) is 0 Å². The van der Waals surface area contributed by atoms with Gasteiger partial charge < -0.3 is 25.3 Å². The average molecular weight is 505 g/mol. The Labute approximate surface area is 199 Å². The zero-order valence-electron chi connectivity index (χ0n) is 18.0. The fourth-order valence-electron chi connectivity index (χ4n) is 3.36. The number of nitrogens with zero attached hydrogens (tertiary/aromatic N) is 1. The van der Waals surface area contributed by atoms with Crippen molar-refractivity contribution in [3.63, 3.8) is 0 Å². The first kappa shape index (κ1) is 24.8. The molecule has 0 unspecified atom stereocenters. The number of aromatic nitrogens is 2.